The largest absolute Gasteiger partial charge is 0.494 e. The molecule has 0 radical (unpaired) electrons. The van der Waals surface area contributed by atoms with Crippen LogP contribution in [0.1, 0.15) is 40.5 Å². The Hall–Kier alpha value is -2.10. The molecule has 0 amide bonds. The lowest BCUT2D eigenvalue weighted by Gasteiger charge is -2.32. The van der Waals surface area contributed by atoms with Gasteiger partial charge in [0.05, 0.1) is 17.3 Å². The van der Waals surface area contributed by atoms with Crippen LogP contribution < -0.4 is 10.4 Å². The molecule has 0 unspecified atom stereocenters. The van der Waals surface area contributed by atoms with Crippen molar-refractivity contribution < 1.29 is 9.31 Å². The Morgan fingerprint density at radius 1 is 1.11 bits per heavy atom. The molecule has 6 heteroatoms. The molecule has 1 aromatic heterocycles. The highest BCUT2D eigenvalue weighted by atomic mass is 16.7. The number of rotatable bonds is 2. The Morgan fingerprint density at radius 2 is 1.78 bits per heavy atom. The van der Waals surface area contributed by atoms with Crippen molar-refractivity contribution in [1.82, 2.24) is 4.98 Å². The van der Waals surface area contributed by atoms with Crippen molar-refractivity contribution in [2.45, 2.75) is 51.7 Å². The molecule has 2 saturated heterocycles. The number of nitriles is 1. The van der Waals surface area contributed by atoms with Gasteiger partial charge in [-0.05, 0) is 57.5 Å². The monoisotopic (exact) mass is 363 g/mol. The first-order valence-corrected chi connectivity index (χ1v) is 9.70. The maximum absolute atomic E-state index is 9.15. The van der Waals surface area contributed by atoms with Crippen LogP contribution in [0, 0.1) is 17.2 Å². The van der Waals surface area contributed by atoms with Gasteiger partial charge in [-0.15, -0.1) is 0 Å². The Balaban J connectivity index is 1.68. The minimum absolute atomic E-state index is 0.163. The van der Waals surface area contributed by atoms with E-state index in [1.165, 1.54) is 0 Å². The number of benzene rings is 1. The number of fused-ring (bicyclic) bond motifs is 1. The molecule has 3 heterocycles. The SMILES string of the molecule is CC1(C)OB(c2ccc3ccnc(N4CCC(C#N)CC4)c3c2)OC1(C)C. The highest BCUT2D eigenvalue weighted by Gasteiger charge is 2.51. The first-order chi connectivity index (χ1) is 12.8. The molecular weight excluding hydrogens is 337 g/mol. The van der Waals surface area contributed by atoms with Crippen LogP contribution >= 0.6 is 0 Å². The van der Waals surface area contributed by atoms with Crippen molar-refractivity contribution in [2.24, 2.45) is 5.92 Å². The van der Waals surface area contributed by atoms with Gasteiger partial charge in [0.2, 0.25) is 0 Å². The minimum Gasteiger partial charge on any atom is -0.399 e. The van der Waals surface area contributed by atoms with Gasteiger partial charge in [0.1, 0.15) is 5.82 Å². The molecular formula is C21H26BN3O2. The third-order valence-electron chi connectivity index (χ3n) is 6.27. The van der Waals surface area contributed by atoms with Gasteiger partial charge in [-0.1, -0.05) is 18.2 Å². The zero-order valence-electron chi connectivity index (χ0n) is 16.5. The average Bonchev–Trinajstić information content (AvgIpc) is 2.88. The molecule has 0 bridgehead atoms. The van der Waals surface area contributed by atoms with Gasteiger partial charge in [0.25, 0.3) is 0 Å². The van der Waals surface area contributed by atoms with Gasteiger partial charge in [0.15, 0.2) is 0 Å². The number of aromatic nitrogens is 1. The van der Waals surface area contributed by atoms with Crippen molar-refractivity contribution in [2.75, 3.05) is 18.0 Å². The summed E-state index contributed by atoms with van der Waals surface area (Å²) in [6, 6.07) is 10.8. The molecule has 5 nitrogen and oxygen atoms in total. The second-order valence-electron chi connectivity index (χ2n) is 8.59. The molecule has 0 aliphatic carbocycles. The fraction of sp³-hybridized carbons (Fsp3) is 0.524. The predicted molar refractivity (Wildman–Crippen MR) is 108 cm³/mol. The molecule has 0 saturated carbocycles. The highest BCUT2D eigenvalue weighted by molar-refractivity contribution is 6.62. The van der Waals surface area contributed by atoms with Crippen LogP contribution in [0.15, 0.2) is 30.5 Å². The lowest BCUT2D eigenvalue weighted by molar-refractivity contribution is 0.00578. The van der Waals surface area contributed by atoms with Crippen LogP contribution in [0.25, 0.3) is 10.8 Å². The summed E-state index contributed by atoms with van der Waals surface area (Å²) in [4.78, 5) is 6.96. The lowest BCUT2D eigenvalue weighted by atomic mass is 9.78. The van der Waals surface area contributed by atoms with E-state index in [0.29, 0.717) is 0 Å². The molecule has 4 rings (SSSR count). The van der Waals surface area contributed by atoms with E-state index in [0.717, 1.165) is 48.0 Å². The van der Waals surface area contributed by atoms with Gasteiger partial charge in [-0.25, -0.2) is 4.98 Å². The van der Waals surface area contributed by atoms with E-state index in [1.807, 2.05) is 12.3 Å². The zero-order valence-corrected chi connectivity index (χ0v) is 16.5. The molecule has 2 aliphatic heterocycles. The molecule has 0 N–H and O–H groups in total. The van der Waals surface area contributed by atoms with E-state index in [9.17, 15) is 0 Å². The van der Waals surface area contributed by atoms with Crippen LogP contribution in [-0.2, 0) is 9.31 Å². The maximum atomic E-state index is 9.15. The molecule has 0 atom stereocenters. The summed E-state index contributed by atoms with van der Waals surface area (Å²) in [5, 5.41) is 11.4. The van der Waals surface area contributed by atoms with E-state index in [4.69, 9.17) is 14.6 Å². The van der Waals surface area contributed by atoms with Crippen LogP contribution in [0.5, 0.6) is 0 Å². The van der Waals surface area contributed by atoms with Crippen molar-refractivity contribution in [3.63, 3.8) is 0 Å². The second kappa shape index (κ2) is 6.51. The normalized spacial score (nSPS) is 22.2. The van der Waals surface area contributed by atoms with Crippen LogP contribution in [0.4, 0.5) is 5.82 Å². The lowest BCUT2D eigenvalue weighted by Crippen LogP contribution is -2.41. The summed E-state index contributed by atoms with van der Waals surface area (Å²) in [6.45, 7) is 10.0. The summed E-state index contributed by atoms with van der Waals surface area (Å²) in [5.41, 5.74) is 0.301. The summed E-state index contributed by atoms with van der Waals surface area (Å²) < 4.78 is 12.4. The number of pyridine rings is 1. The van der Waals surface area contributed by atoms with Crippen LogP contribution in [-0.4, -0.2) is 36.4 Å². The van der Waals surface area contributed by atoms with Gasteiger partial charge < -0.3 is 14.2 Å². The van der Waals surface area contributed by atoms with E-state index < -0.39 is 0 Å². The topological polar surface area (TPSA) is 58.4 Å². The van der Waals surface area contributed by atoms with Crippen LogP contribution in [0.3, 0.4) is 0 Å². The molecule has 2 aliphatic rings. The Kier molecular flexibility index (Phi) is 4.40. The molecule has 2 fully saturated rings. The molecule has 140 valence electrons. The number of nitrogens with zero attached hydrogens (tertiary/aromatic N) is 3. The second-order valence-corrected chi connectivity index (χ2v) is 8.59. The zero-order chi connectivity index (χ0) is 19.2. The van der Waals surface area contributed by atoms with Crippen molar-refractivity contribution in [1.29, 1.82) is 5.26 Å². The number of anilines is 1. The Morgan fingerprint density at radius 3 is 2.41 bits per heavy atom. The summed E-state index contributed by atoms with van der Waals surface area (Å²) in [7, 11) is -0.378. The maximum Gasteiger partial charge on any atom is 0.494 e. The highest BCUT2D eigenvalue weighted by Crippen LogP contribution is 2.37. The average molecular weight is 363 g/mol. The third-order valence-corrected chi connectivity index (χ3v) is 6.27. The Bertz CT molecular complexity index is 882. The van der Waals surface area contributed by atoms with Crippen molar-refractivity contribution in [3.8, 4) is 6.07 Å². The summed E-state index contributed by atoms with van der Waals surface area (Å²) in [5.74, 6) is 1.15. The third kappa shape index (κ3) is 3.20. The van der Waals surface area contributed by atoms with E-state index >= 15 is 0 Å². The fourth-order valence-electron chi connectivity index (χ4n) is 3.77. The van der Waals surface area contributed by atoms with Crippen LogP contribution in [0.2, 0.25) is 0 Å². The first kappa shape index (κ1) is 18.3. The number of hydrogen-bond donors (Lipinski definition) is 0. The smallest absolute Gasteiger partial charge is 0.399 e. The quantitative estimate of drug-likeness (QED) is 0.767. The first-order valence-electron chi connectivity index (χ1n) is 9.70. The predicted octanol–water partition coefficient (Wildman–Crippen LogP) is 3.27. The van der Waals surface area contributed by atoms with Gasteiger partial charge in [0, 0.05) is 30.6 Å². The molecule has 2 aromatic rings. The standard InChI is InChI=1S/C21H26BN3O2/c1-20(2)21(3,4)27-22(26-20)17-6-5-16-7-10-24-19(18(16)13-17)25-11-8-15(14-23)9-12-25/h5-7,10,13,15H,8-9,11-12H2,1-4H3. The van der Waals surface area contributed by atoms with Gasteiger partial charge in [-0.3, -0.25) is 0 Å². The molecule has 27 heavy (non-hydrogen) atoms. The minimum atomic E-state index is -0.378. The van der Waals surface area contributed by atoms with E-state index in [-0.39, 0.29) is 24.2 Å². The van der Waals surface area contributed by atoms with Crippen molar-refractivity contribution in [3.05, 3.63) is 30.5 Å². The van der Waals surface area contributed by atoms with Crippen molar-refractivity contribution >= 4 is 29.2 Å². The number of piperidine rings is 1. The number of hydrogen-bond acceptors (Lipinski definition) is 5. The van der Waals surface area contributed by atoms with E-state index in [1.54, 1.807) is 0 Å². The summed E-state index contributed by atoms with van der Waals surface area (Å²) >= 11 is 0. The summed E-state index contributed by atoms with van der Waals surface area (Å²) in [6.07, 6.45) is 3.65. The fourth-order valence-corrected chi connectivity index (χ4v) is 3.77. The Labute approximate surface area is 161 Å². The molecule has 0 spiro atoms. The van der Waals surface area contributed by atoms with E-state index in [2.05, 4.69) is 61.8 Å². The molecule has 1 aromatic carbocycles. The van der Waals surface area contributed by atoms with Gasteiger partial charge >= 0.3 is 7.12 Å². The van der Waals surface area contributed by atoms with Gasteiger partial charge in [-0.2, -0.15) is 5.26 Å².